The second kappa shape index (κ2) is 4.42. The van der Waals surface area contributed by atoms with Gasteiger partial charge >= 0.3 is 0 Å². The molecule has 0 aliphatic heterocycles. The normalized spacial score (nSPS) is 12.9. The summed E-state index contributed by atoms with van der Waals surface area (Å²) in [6, 6.07) is 0.168. The van der Waals surface area contributed by atoms with Crippen LogP contribution in [0.3, 0.4) is 0 Å². The van der Waals surface area contributed by atoms with Crippen molar-refractivity contribution in [2.24, 2.45) is 5.73 Å². The number of aromatic nitrogens is 1. The molecular formula is C8H14N2OS. The van der Waals surface area contributed by atoms with Crippen LogP contribution in [0.4, 0.5) is 0 Å². The summed E-state index contributed by atoms with van der Waals surface area (Å²) in [5.41, 5.74) is 6.66. The Morgan fingerprint density at radius 2 is 2.50 bits per heavy atom. The van der Waals surface area contributed by atoms with Crippen molar-refractivity contribution >= 4 is 11.3 Å². The lowest BCUT2D eigenvalue weighted by molar-refractivity contribution is 0.337. The third kappa shape index (κ3) is 2.79. The largest absolute Gasteiger partial charge is 0.470 e. The van der Waals surface area contributed by atoms with Crippen LogP contribution in [0.25, 0.3) is 0 Å². The molecule has 0 saturated carbocycles. The summed E-state index contributed by atoms with van der Waals surface area (Å²) in [6.07, 6.45) is 0.823. The van der Waals surface area contributed by atoms with Crippen LogP contribution in [0.15, 0.2) is 5.38 Å². The van der Waals surface area contributed by atoms with Crippen molar-refractivity contribution in [1.29, 1.82) is 0 Å². The molecule has 0 aliphatic rings. The monoisotopic (exact) mass is 186 g/mol. The lowest BCUT2D eigenvalue weighted by atomic mass is 10.2. The topological polar surface area (TPSA) is 48.1 Å². The minimum absolute atomic E-state index is 0.168. The van der Waals surface area contributed by atoms with E-state index in [4.69, 9.17) is 10.5 Å². The van der Waals surface area contributed by atoms with Crippen LogP contribution in [0, 0.1) is 0 Å². The van der Waals surface area contributed by atoms with Gasteiger partial charge in [-0.3, -0.25) is 0 Å². The van der Waals surface area contributed by atoms with Gasteiger partial charge in [0.25, 0.3) is 5.19 Å². The molecule has 12 heavy (non-hydrogen) atoms. The maximum absolute atomic E-state index is 5.63. The molecule has 3 nitrogen and oxygen atoms in total. The SMILES string of the molecule is CCOc1nc(CC(C)N)cs1. The molecule has 1 aromatic heterocycles. The van der Waals surface area contributed by atoms with Crippen LogP contribution in [0.1, 0.15) is 19.5 Å². The molecule has 0 aromatic carbocycles. The van der Waals surface area contributed by atoms with Crippen LogP contribution < -0.4 is 10.5 Å². The van der Waals surface area contributed by atoms with Crippen molar-refractivity contribution in [2.75, 3.05) is 6.61 Å². The van der Waals surface area contributed by atoms with Gasteiger partial charge < -0.3 is 10.5 Å². The first-order chi connectivity index (χ1) is 5.72. The van der Waals surface area contributed by atoms with Crippen molar-refractivity contribution in [3.63, 3.8) is 0 Å². The minimum atomic E-state index is 0.168. The molecule has 0 fully saturated rings. The zero-order chi connectivity index (χ0) is 8.97. The maximum atomic E-state index is 5.63. The second-order valence-corrected chi connectivity index (χ2v) is 3.54. The third-order valence-electron chi connectivity index (χ3n) is 1.33. The molecule has 0 radical (unpaired) electrons. The lowest BCUT2D eigenvalue weighted by Crippen LogP contribution is -2.17. The predicted octanol–water partition coefficient (Wildman–Crippen LogP) is 1.43. The Bertz CT molecular complexity index is 235. The summed E-state index contributed by atoms with van der Waals surface area (Å²) in [4.78, 5) is 4.26. The highest BCUT2D eigenvalue weighted by atomic mass is 32.1. The van der Waals surface area contributed by atoms with Crippen molar-refractivity contribution in [1.82, 2.24) is 4.98 Å². The van der Waals surface area contributed by atoms with Gasteiger partial charge in [-0.2, -0.15) is 0 Å². The Morgan fingerprint density at radius 3 is 3.08 bits per heavy atom. The van der Waals surface area contributed by atoms with Crippen LogP contribution in [0.5, 0.6) is 5.19 Å². The van der Waals surface area contributed by atoms with Crippen molar-refractivity contribution in [3.05, 3.63) is 11.1 Å². The van der Waals surface area contributed by atoms with Gasteiger partial charge in [0.2, 0.25) is 0 Å². The summed E-state index contributed by atoms with van der Waals surface area (Å²) in [7, 11) is 0. The van der Waals surface area contributed by atoms with E-state index in [-0.39, 0.29) is 6.04 Å². The van der Waals surface area contributed by atoms with Gasteiger partial charge in [0.15, 0.2) is 0 Å². The molecule has 68 valence electrons. The first-order valence-electron chi connectivity index (χ1n) is 4.05. The van der Waals surface area contributed by atoms with E-state index in [1.165, 1.54) is 11.3 Å². The molecule has 0 saturated heterocycles. The molecule has 0 spiro atoms. The summed E-state index contributed by atoms with van der Waals surface area (Å²) in [5, 5.41) is 2.74. The first kappa shape index (κ1) is 9.48. The van der Waals surface area contributed by atoms with Crippen molar-refractivity contribution in [3.8, 4) is 5.19 Å². The quantitative estimate of drug-likeness (QED) is 0.774. The molecule has 4 heteroatoms. The van der Waals surface area contributed by atoms with Gasteiger partial charge in [-0.15, -0.1) is 0 Å². The number of nitrogens with zero attached hydrogens (tertiary/aromatic N) is 1. The number of hydrogen-bond donors (Lipinski definition) is 1. The standard InChI is InChI=1S/C8H14N2OS/c1-3-11-8-10-7(5-12-8)4-6(2)9/h5-6H,3-4,9H2,1-2H3. The fraction of sp³-hybridized carbons (Fsp3) is 0.625. The smallest absolute Gasteiger partial charge is 0.273 e. The molecule has 1 aromatic rings. The van der Waals surface area contributed by atoms with Crippen molar-refractivity contribution in [2.45, 2.75) is 26.3 Å². The zero-order valence-corrected chi connectivity index (χ0v) is 8.23. The van der Waals surface area contributed by atoms with E-state index in [2.05, 4.69) is 4.98 Å². The van der Waals surface area contributed by atoms with E-state index in [1.807, 2.05) is 19.2 Å². The highest BCUT2D eigenvalue weighted by Crippen LogP contribution is 2.18. The summed E-state index contributed by atoms with van der Waals surface area (Å²) in [6.45, 7) is 4.59. The van der Waals surface area contributed by atoms with E-state index in [1.54, 1.807) is 0 Å². The molecule has 0 amide bonds. The third-order valence-corrected chi connectivity index (χ3v) is 2.13. The van der Waals surface area contributed by atoms with Crippen LogP contribution in [-0.4, -0.2) is 17.6 Å². The molecule has 1 atom stereocenters. The van der Waals surface area contributed by atoms with Crippen LogP contribution in [-0.2, 0) is 6.42 Å². The predicted molar refractivity (Wildman–Crippen MR) is 50.6 cm³/mol. The first-order valence-corrected chi connectivity index (χ1v) is 4.93. The van der Waals surface area contributed by atoms with Gasteiger partial charge in [-0.25, -0.2) is 4.98 Å². The molecular weight excluding hydrogens is 172 g/mol. The highest BCUT2D eigenvalue weighted by Gasteiger charge is 2.03. The molecule has 1 unspecified atom stereocenters. The van der Waals surface area contributed by atoms with E-state index < -0.39 is 0 Å². The van der Waals surface area contributed by atoms with Gasteiger partial charge in [0, 0.05) is 17.8 Å². The average Bonchev–Trinajstić information content (AvgIpc) is 2.36. The molecule has 1 rings (SSSR count). The summed E-state index contributed by atoms with van der Waals surface area (Å²) in [5.74, 6) is 0. The van der Waals surface area contributed by atoms with Crippen molar-refractivity contribution < 1.29 is 4.74 Å². The minimum Gasteiger partial charge on any atom is -0.470 e. The molecule has 2 N–H and O–H groups in total. The average molecular weight is 186 g/mol. The number of nitrogens with two attached hydrogens (primary N) is 1. The van der Waals surface area contributed by atoms with E-state index in [9.17, 15) is 0 Å². The van der Waals surface area contributed by atoms with E-state index in [0.29, 0.717) is 6.61 Å². The Labute approximate surface area is 76.6 Å². The van der Waals surface area contributed by atoms with Gasteiger partial charge in [0.05, 0.1) is 12.3 Å². The van der Waals surface area contributed by atoms with Gasteiger partial charge in [0.1, 0.15) is 0 Å². The Kier molecular flexibility index (Phi) is 3.49. The highest BCUT2D eigenvalue weighted by molar-refractivity contribution is 7.11. The summed E-state index contributed by atoms with van der Waals surface area (Å²) >= 11 is 1.53. The van der Waals surface area contributed by atoms with Gasteiger partial charge in [-0.1, -0.05) is 11.3 Å². The fourth-order valence-corrected chi connectivity index (χ4v) is 1.64. The maximum Gasteiger partial charge on any atom is 0.273 e. The summed E-state index contributed by atoms with van der Waals surface area (Å²) < 4.78 is 5.23. The molecule has 0 bridgehead atoms. The van der Waals surface area contributed by atoms with E-state index in [0.717, 1.165) is 17.3 Å². The molecule has 1 heterocycles. The number of rotatable bonds is 4. The zero-order valence-electron chi connectivity index (χ0n) is 7.41. The lowest BCUT2D eigenvalue weighted by Gasteiger charge is -1.99. The Hall–Kier alpha value is -0.610. The molecule has 0 aliphatic carbocycles. The number of hydrogen-bond acceptors (Lipinski definition) is 4. The Morgan fingerprint density at radius 1 is 1.75 bits per heavy atom. The second-order valence-electron chi connectivity index (χ2n) is 2.72. The Balaban J connectivity index is 2.52. The number of ether oxygens (including phenoxy) is 1. The van der Waals surface area contributed by atoms with Crippen LogP contribution in [0.2, 0.25) is 0 Å². The van der Waals surface area contributed by atoms with Crippen LogP contribution >= 0.6 is 11.3 Å². The van der Waals surface area contributed by atoms with E-state index >= 15 is 0 Å². The van der Waals surface area contributed by atoms with Gasteiger partial charge in [-0.05, 0) is 13.8 Å². The fourth-order valence-electron chi connectivity index (χ4n) is 0.902. The number of thiazole rings is 1.